The number of fused-ring (bicyclic) bond motifs is 3. The molecule has 1 aliphatic carbocycles. The molecule has 5 rings (SSSR count). The fraction of sp³-hybridized carbons (Fsp3) is 0.409. The van der Waals surface area contributed by atoms with Gasteiger partial charge in [0.2, 0.25) is 0 Å². The maximum Gasteiger partial charge on any atom is 0.341 e. The number of benzene rings is 2. The highest BCUT2D eigenvalue weighted by molar-refractivity contribution is 8.00. The van der Waals surface area contributed by atoms with Gasteiger partial charge in [-0.3, -0.25) is 0 Å². The van der Waals surface area contributed by atoms with Crippen LogP contribution in [0, 0.1) is 17.7 Å². The van der Waals surface area contributed by atoms with Crippen molar-refractivity contribution in [2.75, 3.05) is 24.4 Å². The van der Waals surface area contributed by atoms with Crippen LogP contribution in [0.4, 0.5) is 10.1 Å². The first-order chi connectivity index (χ1) is 14.1. The molecule has 0 amide bonds. The van der Waals surface area contributed by atoms with Crippen LogP contribution in [0.1, 0.15) is 40.2 Å². The third kappa shape index (κ3) is 3.69. The van der Waals surface area contributed by atoms with E-state index < -0.39 is 5.97 Å². The van der Waals surface area contributed by atoms with E-state index in [2.05, 4.69) is 10.0 Å². The van der Waals surface area contributed by atoms with Crippen LogP contribution in [0.2, 0.25) is 0 Å². The SMILES string of the molecule is O=C(O)c1c(NSc2ccc(F)cc2CC2CCNC2)ccc2c1OC[C@@H]1CC21. The third-order valence-corrected chi connectivity index (χ3v) is 7.07. The Morgan fingerprint density at radius 3 is 3.03 bits per heavy atom. The number of carboxylic acids is 1. The Balaban J connectivity index is 1.39. The number of ether oxygens (including phenoxy) is 1. The number of anilines is 1. The van der Waals surface area contributed by atoms with Crippen molar-refractivity contribution in [3.63, 3.8) is 0 Å². The van der Waals surface area contributed by atoms with Gasteiger partial charge in [0.05, 0.1) is 12.3 Å². The summed E-state index contributed by atoms with van der Waals surface area (Å²) in [6, 6.07) is 8.59. The molecule has 2 aromatic carbocycles. The molecule has 5 nitrogen and oxygen atoms in total. The van der Waals surface area contributed by atoms with Crippen LogP contribution in [-0.4, -0.2) is 30.8 Å². The van der Waals surface area contributed by atoms with Gasteiger partial charge in [-0.05, 0) is 91.5 Å². The van der Waals surface area contributed by atoms with Crippen molar-refractivity contribution in [1.29, 1.82) is 0 Å². The zero-order valence-electron chi connectivity index (χ0n) is 15.9. The molecule has 0 radical (unpaired) electrons. The Morgan fingerprint density at radius 2 is 2.24 bits per heavy atom. The van der Waals surface area contributed by atoms with Crippen LogP contribution >= 0.6 is 11.9 Å². The summed E-state index contributed by atoms with van der Waals surface area (Å²) in [5, 5.41) is 13.2. The minimum atomic E-state index is -1.000. The second kappa shape index (κ2) is 7.54. The van der Waals surface area contributed by atoms with E-state index in [9.17, 15) is 14.3 Å². The van der Waals surface area contributed by atoms with Gasteiger partial charge in [0.15, 0.2) is 0 Å². The van der Waals surface area contributed by atoms with Crippen molar-refractivity contribution >= 4 is 23.6 Å². The highest BCUT2D eigenvalue weighted by Crippen LogP contribution is 2.55. The summed E-state index contributed by atoms with van der Waals surface area (Å²) >= 11 is 1.33. The summed E-state index contributed by atoms with van der Waals surface area (Å²) in [5.74, 6) is 0.710. The Bertz CT molecular complexity index is 961. The molecule has 3 atom stereocenters. The molecule has 0 aromatic heterocycles. The van der Waals surface area contributed by atoms with Crippen LogP contribution < -0.4 is 14.8 Å². The van der Waals surface area contributed by atoms with E-state index in [1.807, 2.05) is 12.1 Å². The Morgan fingerprint density at radius 1 is 1.34 bits per heavy atom. The topological polar surface area (TPSA) is 70.6 Å². The molecular formula is C22H23FN2O3S. The van der Waals surface area contributed by atoms with Gasteiger partial charge in [-0.2, -0.15) is 0 Å². The van der Waals surface area contributed by atoms with Crippen molar-refractivity contribution in [2.24, 2.45) is 11.8 Å². The predicted molar refractivity (Wildman–Crippen MR) is 110 cm³/mol. The van der Waals surface area contributed by atoms with E-state index in [-0.39, 0.29) is 11.4 Å². The highest BCUT2D eigenvalue weighted by Gasteiger charge is 2.45. The van der Waals surface area contributed by atoms with Gasteiger partial charge in [0.25, 0.3) is 0 Å². The lowest BCUT2D eigenvalue weighted by Gasteiger charge is -2.21. The van der Waals surface area contributed by atoms with Crippen molar-refractivity contribution in [3.8, 4) is 5.75 Å². The molecule has 7 heteroatoms. The van der Waals surface area contributed by atoms with Crippen molar-refractivity contribution in [2.45, 2.75) is 30.1 Å². The maximum absolute atomic E-state index is 13.8. The fourth-order valence-corrected chi connectivity index (χ4v) is 5.26. The molecule has 0 spiro atoms. The molecule has 3 N–H and O–H groups in total. The number of rotatable bonds is 6. The molecule has 2 aromatic rings. The molecular weight excluding hydrogens is 391 g/mol. The summed E-state index contributed by atoms with van der Waals surface area (Å²) in [5.41, 5.74) is 2.65. The van der Waals surface area contributed by atoms with E-state index in [4.69, 9.17) is 4.74 Å². The Kier molecular flexibility index (Phi) is 4.87. The van der Waals surface area contributed by atoms with E-state index >= 15 is 0 Å². The van der Waals surface area contributed by atoms with Gasteiger partial charge in [0, 0.05) is 10.8 Å². The van der Waals surface area contributed by atoms with Gasteiger partial charge in [-0.1, -0.05) is 6.07 Å². The monoisotopic (exact) mass is 414 g/mol. The van der Waals surface area contributed by atoms with E-state index in [1.165, 1.54) is 18.0 Å². The second-order valence-corrected chi connectivity index (χ2v) is 8.99. The fourth-order valence-electron chi connectivity index (χ4n) is 4.46. The Labute approximate surface area is 173 Å². The van der Waals surface area contributed by atoms with E-state index in [0.29, 0.717) is 35.8 Å². The molecule has 2 unspecified atom stereocenters. The van der Waals surface area contributed by atoms with Crippen LogP contribution in [-0.2, 0) is 6.42 Å². The molecule has 2 heterocycles. The normalized spacial score (nSPS) is 24.4. The van der Waals surface area contributed by atoms with Crippen molar-refractivity contribution in [1.82, 2.24) is 5.32 Å². The number of aromatic carboxylic acids is 1. The highest BCUT2D eigenvalue weighted by atomic mass is 32.2. The van der Waals surface area contributed by atoms with Gasteiger partial charge < -0.3 is 19.9 Å². The number of hydrogen-bond acceptors (Lipinski definition) is 5. The molecule has 1 saturated carbocycles. The molecule has 3 aliphatic rings. The molecule has 152 valence electrons. The summed E-state index contributed by atoms with van der Waals surface area (Å²) in [7, 11) is 0. The molecule has 1 saturated heterocycles. The summed E-state index contributed by atoms with van der Waals surface area (Å²) in [6.45, 7) is 2.53. The first kappa shape index (κ1) is 18.8. The summed E-state index contributed by atoms with van der Waals surface area (Å²) in [4.78, 5) is 12.9. The quantitative estimate of drug-likeness (QED) is 0.613. The van der Waals surface area contributed by atoms with E-state index in [0.717, 1.165) is 48.4 Å². The van der Waals surface area contributed by atoms with Gasteiger partial charge in [0.1, 0.15) is 17.1 Å². The number of hydrogen-bond donors (Lipinski definition) is 3. The number of carbonyl (C=O) groups is 1. The first-order valence-electron chi connectivity index (χ1n) is 10.0. The summed E-state index contributed by atoms with van der Waals surface area (Å²) < 4.78 is 22.8. The lowest BCUT2D eigenvalue weighted by Crippen LogP contribution is -2.14. The minimum absolute atomic E-state index is 0.184. The minimum Gasteiger partial charge on any atom is -0.492 e. The van der Waals surface area contributed by atoms with Crippen LogP contribution in [0.3, 0.4) is 0 Å². The molecule has 0 bridgehead atoms. The largest absolute Gasteiger partial charge is 0.492 e. The smallest absolute Gasteiger partial charge is 0.341 e. The zero-order valence-corrected chi connectivity index (χ0v) is 16.7. The van der Waals surface area contributed by atoms with Gasteiger partial charge in [-0.25, -0.2) is 9.18 Å². The van der Waals surface area contributed by atoms with Crippen LogP contribution in [0.25, 0.3) is 0 Å². The van der Waals surface area contributed by atoms with E-state index in [1.54, 1.807) is 12.1 Å². The van der Waals surface area contributed by atoms with Crippen LogP contribution in [0.5, 0.6) is 5.75 Å². The average Bonchev–Trinajstić information content (AvgIpc) is 3.34. The third-order valence-electron chi connectivity index (χ3n) is 6.13. The molecule has 29 heavy (non-hydrogen) atoms. The average molecular weight is 415 g/mol. The van der Waals surface area contributed by atoms with Crippen LogP contribution in [0.15, 0.2) is 35.2 Å². The number of carboxylic acid groups (broad SMARTS) is 1. The van der Waals surface area contributed by atoms with Crippen molar-refractivity contribution < 1.29 is 19.0 Å². The Hall–Kier alpha value is -2.25. The van der Waals surface area contributed by atoms with Gasteiger partial charge in [-0.15, -0.1) is 0 Å². The lowest BCUT2D eigenvalue weighted by atomic mass is 9.98. The standard InChI is InChI=1S/C22H23FN2O3S/c23-15-1-4-19(13(8-15)7-12-5-6-24-10-12)29-25-18-3-2-16-17-9-14(17)11-28-21(16)20(18)22(26)27/h1-4,8,12,14,17,24-25H,5-7,9-11H2,(H,26,27)/t12?,14-,17?/m0/s1. The van der Waals surface area contributed by atoms with Gasteiger partial charge >= 0.3 is 5.97 Å². The maximum atomic E-state index is 13.8. The number of nitrogens with one attached hydrogen (secondary N) is 2. The zero-order chi connectivity index (χ0) is 20.0. The molecule has 2 fully saturated rings. The number of halogens is 1. The first-order valence-corrected chi connectivity index (χ1v) is 10.9. The van der Waals surface area contributed by atoms with Crippen molar-refractivity contribution in [3.05, 3.63) is 52.8 Å². The second-order valence-electron chi connectivity index (χ2n) is 8.14. The summed E-state index contributed by atoms with van der Waals surface area (Å²) in [6.07, 6.45) is 2.96. The molecule has 2 aliphatic heterocycles. The predicted octanol–water partition coefficient (Wildman–Crippen LogP) is 4.29. The lowest BCUT2D eigenvalue weighted by molar-refractivity contribution is 0.0692.